The van der Waals surface area contributed by atoms with Crippen molar-refractivity contribution in [3.05, 3.63) is 69.2 Å². The Labute approximate surface area is 177 Å². The Balaban J connectivity index is 2.46. The van der Waals surface area contributed by atoms with Gasteiger partial charge in [0.1, 0.15) is 5.75 Å². The zero-order valence-electron chi connectivity index (χ0n) is 17.7. The third kappa shape index (κ3) is 5.94. The highest BCUT2D eigenvalue weighted by Gasteiger charge is 2.21. The summed E-state index contributed by atoms with van der Waals surface area (Å²) in [6.07, 6.45) is 2.90. The lowest BCUT2D eigenvalue weighted by atomic mass is 9.96. The number of hydrogen-bond acceptors (Lipinski definition) is 4. The van der Waals surface area contributed by atoms with E-state index in [1.54, 1.807) is 30.3 Å². The monoisotopic (exact) mass is 414 g/mol. The van der Waals surface area contributed by atoms with Gasteiger partial charge in [-0.05, 0) is 89.6 Å². The number of carbonyl (C=O) groups excluding carboxylic acids is 2. The molecule has 0 heterocycles. The topological polar surface area (TPSA) is 52.6 Å². The van der Waals surface area contributed by atoms with E-state index in [1.807, 2.05) is 47.6 Å². The molecule has 2 rings (SSSR count). The van der Waals surface area contributed by atoms with E-state index in [9.17, 15) is 9.59 Å². The number of halogens is 1. The number of rotatable bonds is 7. The summed E-state index contributed by atoms with van der Waals surface area (Å²) in [5.41, 5.74) is 3.24. The van der Waals surface area contributed by atoms with E-state index in [4.69, 9.17) is 21.1 Å². The first-order valence-electron chi connectivity index (χ1n) is 9.60. The summed E-state index contributed by atoms with van der Waals surface area (Å²) in [5.74, 6) is 0.0496. The Bertz CT molecular complexity index is 925. The van der Waals surface area contributed by atoms with E-state index in [2.05, 4.69) is 0 Å². The molecule has 0 atom stereocenters. The van der Waals surface area contributed by atoms with E-state index >= 15 is 0 Å². The van der Waals surface area contributed by atoms with Crippen LogP contribution in [0.15, 0.2) is 36.4 Å². The van der Waals surface area contributed by atoms with Crippen LogP contribution in [0.3, 0.4) is 0 Å². The van der Waals surface area contributed by atoms with Gasteiger partial charge >= 0.3 is 5.97 Å². The van der Waals surface area contributed by atoms with Crippen LogP contribution in [0.2, 0.25) is 5.02 Å². The van der Waals surface area contributed by atoms with Crippen molar-refractivity contribution >= 4 is 29.4 Å². The van der Waals surface area contributed by atoms with Crippen molar-refractivity contribution in [1.82, 2.24) is 0 Å². The van der Waals surface area contributed by atoms with Crippen LogP contribution in [-0.2, 0) is 4.74 Å². The number of benzene rings is 2. The van der Waals surface area contributed by atoms with Crippen molar-refractivity contribution in [2.24, 2.45) is 0 Å². The van der Waals surface area contributed by atoms with Crippen LogP contribution >= 0.6 is 11.6 Å². The Hall–Kier alpha value is -2.59. The van der Waals surface area contributed by atoms with Gasteiger partial charge in [-0.25, -0.2) is 4.79 Å². The minimum Gasteiger partial charge on any atom is -0.490 e. The second-order valence-corrected chi connectivity index (χ2v) is 7.87. The molecule has 0 spiro atoms. The van der Waals surface area contributed by atoms with Gasteiger partial charge in [0.15, 0.2) is 5.78 Å². The molecule has 0 amide bonds. The minimum absolute atomic E-state index is 0.0931. The summed E-state index contributed by atoms with van der Waals surface area (Å²) in [6, 6.07) is 8.57. The molecule has 0 bridgehead atoms. The zero-order chi connectivity index (χ0) is 21.7. The summed E-state index contributed by atoms with van der Waals surface area (Å²) in [4.78, 5) is 25.0. The molecule has 5 heteroatoms. The van der Waals surface area contributed by atoms with Crippen LogP contribution in [0.5, 0.6) is 5.75 Å². The highest BCUT2D eigenvalue weighted by atomic mass is 35.5. The van der Waals surface area contributed by atoms with Crippen LogP contribution < -0.4 is 4.74 Å². The van der Waals surface area contributed by atoms with Crippen molar-refractivity contribution < 1.29 is 19.1 Å². The van der Waals surface area contributed by atoms with Crippen LogP contribution in [0.4, 0.5) is 0 Å². The molecule has 0 aromatic heterocycles. The van der Waals surface area contributed by atoms with Gasteiger partial charge < -0.3 is 9.47 Å². The van der Waals surface area contributed by atoms with E-state index in [1.165, 1.54) is 6.08 Å². The molecule has 154 valence electrons. The van der Waals surface area contributed by atoms with Gasteiger partial charge in [0.25, 0.3) is 0 Å². The Morgan fingerprint density at radius 3 is 2.17 bits per heavy atom. The molecule has 0 aliphatic rings. The average molecular weight is 415 g/mol. The highest BCUT2D eigenvalue weighted by Crippen LogP contribution is 2.32. The predicted octanol–water partition coefficient (Wildman–Crippen LogP) is 6.21. The summed E-state index contributed by atoms with van der Waals surface area (Å²) in [7, 11) is 0. The summed E-state index contributed by atoms with van der Waals surface area (Å²) in [6.45, 7) is 11.1. The fraction of sp³-hybridized carbons (Fsp3) is 0.333. The van der Waals surface area contributed by atoms with Crippen molar-refractivity contribution in [3.8, 4) is 5.75 Å². The molecule has 0 N–H and O–H groups in total. The number of hydrogen-bond donors (Lipinski definition) is 0. The fourth-order valence-corrected chi connectivity index (χ4v) is 3.10. The fourth-order valence-electron chi connectivity index (χ4n) is 2.98. The molecule has 0 radical (unpaired) electrons. The molecule has 0 unspecified atom stereocenters. The largest absolute Gasteiger partial charge is 0.490 e. The minimum atomic E-state index is -0.378. The van der Waals surface area contributed by atoms with E-state index in [-0.39, 0.29) is 24.0 Å². The number of esters is 1. The smallest absolute Gasteiger partial charge is 0.339 e. The van der Waals surface area contributed by atoms with Crippen LogP contribution in [-0.4, -0.2) is 24.0 Å². The van der Waals surface area contributed by atoms with Gasteiger partial charge in [-0.3, -0.25) is 4.79 Å². The first-order valence-corrected chi connectivity index (χ1v) is 9.97. The number of aryl methyl sites for hydroxylation is 1. The van der Waals surface area contributed by atoms with Gasteiger partial charge in [0.2, 0.25) is 0 Å². The van der Waals surface area contributed by atoms with Gasteiger partial charge in [0.05, 0.1) is 17.8 Å². The number of allylic oxidation sites excluding steroid dienone is 1. The molecular weight excluding hydrogens is 388 g/mol. The SMILES string of the molecule is Cc1cc(C=CC(=O)c2ccc(Cl)cc2)c(OC(C)C)c(C)c1C(=O)OC(C)C. The third-order valence-electron chi connectivity index (χ3n) is 4.19. The summed E-state index contributed by atoms with van der Waals surface area (Å²) in [5, 5.41) is 0.577. The molecule has 4 nitrogen and oxygen atoms in total. The molecule has 0 saturated carbocycles. The maximum absolute atomic E-state index is 12.6. The van der Waals surface area contributed by atoms with E-state index < -0.39 is 0 Å². The van der Waals surface area contributed by atoms with Crippen LogP contribution in [0, 0.1) is 13.8 Å². The van der Waals surface area contributed by atoms with Crippen molar-refractivity contribution in [2.45, 2.75) is 53.8 Å². The maximum atomic E-state index is 12.6. The molecular formula is C24H27ClO4. The molecule has 29 heavy (non-hydrogen) atoms. The first-order chi connectivity index (χ1) is 13.6. The number of ether oxygens (including phenoxy) is 2. The molecule has 0 aliphatic heterocycles. The first kappa shape index (κ1) is 22.7. The molecule has 2 aromatic carbocycles. The van der Waals surface area contributed by atoms with Gasteiger partial charge in [-0.2, -0.15) is 0 Å². The van der Waals surface area contributed by atoms with Crippen molar-refractivity contribution in [3.63, 3.8) is 0 Å². The standard InChI is InChI=1S/C24H27ClO4/c1-14(2)28-23-17(6)22(24(27)29-15(3)4)16(5)13-19(23)9-12-21(26)18-7-10-20(25)11-8-18/h7-15H,1-6H3. The molecule has 0 saturated heterocycles. The maximum Gasteiger partial charge on any atom is 0.339 e. The van der Waals surface area contributed by atoms with Gasteiger partial charge in [-0.15, -0.1) is 0 Å². The van der Waals surface area contributed by atoms with E-state index in [0.717, 1.165) is 11.1 Å². The lowest BCUT2D eigenvalue weighted by molar-refractivity contribution is 0.0375. The van der Waals surface area contributed by atoms with Crippen molar-refractivity contribution in [2.75, 3.05) is 0 Å². The molecule has 2 aromatic rings. The normalized spacial score (nSPS) is 11.3. The van der Waals surface area contributed by atoms with Crippen molar-refractivity contribution in [1.29, 1.82) is 0 Å². The average Bonchev–Trinajstić information content (AvgIpc) is 2.62. The zero-order valence-corrected chi connectivity index (χ0v) is 18.5. The summed E-state index contributed by atoms with van der Waals surface area (Å²) >= 11 is 5.88. The second-order valence-electron chi connectivity index (χ2n) is 7.44. The van der Waals surface area contributed by atoms with Gasteiger partial charge in [-0.1, -0.05) is 11.6 Å². The number of carbonyl (C=O) groups is 2. The van der Waals surface area contributed by atoms with Crippen LogP contribution in [0.25, 0.3) is 6.08 Å². The Morgan fingerprint density at radius 2 is 1.62 bits per heavy atom. The molecule has 0 aliphatic carbocycles. The molecule has 0 fully saturated rings. The third-order valence-corrected chi connectivity index (χ3v) is 4.44. The highest BCUT2D eigenvalue weighted by molar-refractivity contribution is 6.30. The number of ketones is 1. The van der Waals surface area contributed by atoms with Crippen LogP contribution in [0.1, 0.15) is 65.1 Å². The lowest BCUT2D eigenvalue weighted by Gasteiger charge is -2.20. The Morgan fingerprint density at radius 1 is 1.00 bits per heavy atom. The Kier molecular flexibility index (Phi) is 7.63. The lowest BCUT2D eigenvalue weighted by Crippen LogP contribution is -2.16. The quantitative estimate of drug-likeness (QED) is 0.307. The summed E-state index contributed by atoms with van der Waals surface area (Å²) < 4.78 is 11.4. The second kappa shape index (κ2) is 9.75. The predicted molar refractivity (Wildman–Crippen MR) is 117 cm³/mol. The van der Waals surface area contributed by atoms with Gasteiger partial charge in [0, 0.05) is 21.7 Å². The van der Waals surface area contributed by atoms with E-state index in [0.29, 0.717) is 27.5 Å².